The number of nitrogens with one attached hydrogen (secondary N) is 9. The summed E-state index contributed by atoms with van der Waals surface area (Å²) in [6.45, 7) is -11.7. The van der Waals surface area contributed by atoms with Crippen molar-refractivity contribution < 1.29 is 203 Å². The third kappa shape index (κ3) is 75.3. The minimum Gasteiger partial charge on any atom is -0.468 e. The molecule has 0 spiro atoms. The van der Waals surface area contributed by atoms with Crippen LogP contribution in [0, 0.1) is 5.92 Å². The first-order valence-corrected chi connectivity index (χ1v) is 40.2. The van der Waals surface area contributed by atoms with Crippen molar-refractivity contribution in [2.75, 3.05) is 154 Å². The zero-order valence-electron chi connectivity index (χ0n) is 75.1. The summed E-state index contributed by atoms with van der Waals surface area (Å²) in [5.74, 6) is -25.6. The maximum atomic E-state index is 13.6. The minimum atomic E-state index is -4.87. The van der Waals surface area contributed by atoms with Crippen LogP contribution < -0.4 is 65.1 Å². The summed E-state index contributed by atoms with van der Waals surface area (Å²) in [5, 5.41) is 40.3. The third-order valence-corrected chi connectivity index (χ3v) is 16.9. The molecule has 18 amide bonds. The van der Waals surface area contributed by atoms with Crippen LogP contribution >= 0.6 is 0 Å². The highest BCUT2D eigenvalue weighted by Gasteiger charge is 2.36. The Morgan fingerprint density at radius 3 is 0.650 bits per heavy atom. The monoisotopic (exact) mass is 1990 g/mol. The van der Waals surface area contributed by atoms with E-state index >= 15 is 0 Å². The number of halogens is 9. The van der Waals surface area contributed by atoms with Gasteiger partial charge in [-0.05, 0) is 12.8 Å². The second kappa shape index (κ2) is 69.1. The summed E-state index contributed by atoms with van der Waals surface area (Å²) >= 11 is 0. The molecule has 0 aliphatic rings. The first kappa shape index (κ1) is 128. The third-order valence-electron chi connectivity index (χ3n) is 16.9. The van der Waals surface area contributed by atoms with Crippen molar-refractivity contribution in [1.29, 1.82) is 0 Å². The molecule has 0 saturated heterocycles. The molecule has 0 atom stereocenters. The predicted octanol–water partition coefficient (Wildman–Crippen LogP) is -6.03. The van der Waals surface area contributed by atoms with E-state index in [0.717, 1.165) is 64.8 Å². The fourth-order valence-electron chi connectivity index (χ4n) is 10.0. The van der Waals surface area contributed by atoms with E-state index in [0.29, 0.717) is 0 Å². The van der Waals surface area contributed by atoms with Gasteiger partial charge in [-0.2, -0.15) is 39.5 Å². The van der Waals surface area contributed by atoms with Gasteiger partial charge in [-0.15, -0.1) is 0 Å². The average molecular weight is 1990 g/mol. The van der Waals surface area contributed by atoms with E-state index in [1.165, 1.54) is 7.05 Å². The van der Waals surface area contributed by atoms with Gasteiger partial charge in [-0.1, -0.05) is 0 Å². The zero-order chi connectivity index (χ0) is 106. The largest absolute Gasteiger partial charge is 0.468 e. The maximum absolute atomic E-state index is 13.6. The summed E-state index contributed by atoms with van der Waals surface area (Å²) in [7, 11) is 6.38. The zero-order valence-corrected chi connectivity index (χ0v) is 75.1. The SMILES string of the molecule is COC(=O)C(CC(=O)CNC(=O)CCC(=O)CN(CCCC(=O)CNC(=O)CCC(=O)CN(CCCC(=O)CNC(=O)CCC(=O)CN(C)C(=O)CNC(=O)CCC(=O)CN(C)C(=O)CNC(=O)CC(F)(F)F)C(=O)CNC(=O)CCC(=O)CN(C)C(=O)CNC(=O)CC(F)(F)F)C(=O)CNC(=O)CCC(=O)CN(C)C(=O)CNC(=O)CC(F)(F)F)C(=O)OC.NC(=O)O.NC(=O)O.NC(=O)O. The Balaban J connectivity index is -0.00000692. The number of ketones is 9. The molecule has 0 fully saturated rings. The summed E-state index contributed by atoms with van der Waals surface area (Å²) in [6.07, 6.45) is -32.5. The lowest BCUT2D eigenvalue weighted by Crippen LogP contribution is -2.43. The van der Waals surface area contributed by atoms with E-state index in [4.69, 9.17) is 29.7 Å². The Bertz CT molecular complexity index is 4210. The highest BCUT2D eigenvalue weighted by Crippen LogP contribution is 2.21. The van der Waals surface area contributed by atoms with Crippen LogP contribution in [0.25, 0.3) is 0 Å². The van der Waals surface area contributed by atoms with Gasteiger partial charge in [0, 0.05) is 138 Å². The van der Waals surface area contributed by atoms with Crippen molar-refractivity contribution in [1.82, 2.24) is 77.3 Å². The Morgan fingerprint density at radius 1 is 0.263 bits per heavy atom. The molecule has 0 aliphatic heterocycles. The molecule has 0 aromatic carbocycles. The molecule has 0 radical (unpaired) electrons. The number of methoxy groups -OCH3 is 2. The van der Waals surface area contributed by atoms with E-state index in [1.807, 2.05) is 0 Å². The number of nitrogens with zero attached hydrogens (tertiary/aromatic N) is 6. The minimum absolute atomic E-state index is 0.210. The number of Topliss-reactive ketones (excluding diaryl/α,β-unsaturated/α-hetero) is 9. The lowest BCUT2D eigenvalue weighted by Gasteiger charge is -2.22. The highest BCUT2D eigenvalue weighted by atomic mass is 19.4. The van der Waals surface area contributed by atoms with Gasteiger partial charge in [0.15, 0.2) is 58.0 Å². The normalized spacial score (nSPS) is 10.6. The molecular weight excluding hydrogens is 1880 g/mol. The molecule has 18 N–H and O–H groups in total. The number of carbonyl (C=O) groups excluding carboxylic acids is 26. The Kier molecular flexibility index (Phi) is 64.8. The molecule has 0 aromatic heterocycles. The van der Waals surface area contributed by atoms with E-state index in [2.05, 4.69) is 58.6 Å². The summed E-state index contributed by atoms with van der Waals surface area (Å²) in [4.78, 5) is 357. The second-order valence-corrected chi connectivity index (χ2v) is 28.9. The number of nitrogens with two attached hydrogens (primary N) is 3. The van der Waals surface area contributed by atoms with Gasteiger partial charge < -0.3 is 119 Å². The Hall–Kier alpha value is -14.8. The molecule has 52 nitrogen and oxygen atoms in total. The van der Waals surface area contributed by atoms with Gasteiger partial charge in [0.05, 0.1) is 112 Å². The molecule has 0 bridgehead atoms. The van der Waals surface area contributed by atoms with E-state index in [9.17, 15) is 164 Å². The Morgan fingerprint density at radius 2 is 0.445 bits per heavy atom. The quantitative estimate of drug-likeness (QED) is 0.0153. The molecule has 772 valence electrons. The van der Waals surface area contributed by atoms with Crippen molar-refractivity contribution in [2.45, 2.75) is 147 Å². The van der Waals surface area contributed by atoms with Crippen LogP contribution in [0.15, 0.2) is 0 Å². The van der Waals surface area contributed by atoms with Crippen molar-refractivity contribution >= 4 is 171 Å². The molecule has 0 unspecified atom stereocenters. The number of rotatable bonds is 63. The van der Waals surface area contributed by atoms with Crippen LogP contribution in [0.4, 0.5) is 53.9 Å². The van der Waals surface area contributed by atoms with Gasteiger partial charge in [0.25, 0.3) is 0 Å². The van der Waals surface area contributed by atoms with Gasteiger partial charge in [0.2, 0.25) is 88.6 Å². The van der Waals surface area contributed by atoms with Crippen LogP contribution in [-0.2, 0) is 134 Å². The number of alkyl halides is 9. The molecule has 0 aliphatic carbocycles. The van der Waals surface area contributed by atoms with E-state index in [-0.39, 0.29) is 19.3 Å². The van der Waals surface area contributed by atoms with E-state index < -0.39 is 416 Å². The van der Waals surface area contributed by atoms with Crippen molar-refractivity contribution in [3.8, 4) is 0 Å². The van der Waals surface area contributed by atoms with Gasteiger partial charge in [0.1, 0.15) is 19.3 Å². The topological polar surface area (TPSA) is 780 Å². The lowest BCUT2D eigenvalue weighted by molar-refractivity contribution is -0.161. The van der Waals surface area contributed by atoms with Crippen LogP contribution in [-0.4, -0.2) is 388 Å². The number of ether oxygens (including phenoxy) is 2. The number of carbonyl (C=O) groups is 29. The fourth-order valence-corrected chi connectivity index (χ4v) is 10.0. The summed E-state index contributed by atoms with van der Waals surface area (Å²) in [5.41, 5.74) is 12.1. The summed E-state index contributed by atoms with van der Waals surface area (Å²) < 4.78 is 121. The molecule has 137 heavy (non-hydrogen) atoms. The van der Waals surface area contributed by atoms with Crippen LogP contribution in [0.1, 0.15) is 128 Å². The van der Waals surface area contributed by atoms with Gasteiger partial charge in [-0.3, -0.25) is 125 Å². The molecule has 0 heterocycles. The maximum Gasteiger partial charge on any atom is 0.402 e. The molecule has 0 aromatic rings. The first-order chi connectivity index (χ1) is 63.3. The average Bonchev–Trinajstić information content (AvgIpc) is 0.896. The molecule has 0 rings (SSSR count). The van der Waals surface area contributed by atoms with Crippen LogP contribution in [0.3, 0.4) is 0 Å². The number of hydrogen-bond donors (Lipinski definition) is 15. The van der Waals surface area contributed by atoms with E-state index in [1.54, 1.807) is 16.0 Å². The number of likely N-dealkylation sites (N-methyl/N-ethyl adjacent to an activating group) is 4. The fraction of sp³-hybridized carbons (Fsp3) is 0.618. The second-order valence-electron chi connectivity index (χ2n) is 28.9. The first-order valence-electron chi connectivity index (χ1n) is 40.2. The van der Waals surface area contributed by atoms with Gasteiger partial charge >= 0.3 is 48.7 Å². The van der Waals surface area contributed by atoms with Crippen LogP contribution in [0.5, 0.6) is 0 Å². The van der Waals surface area contributed by atoms with Crippen LogP contribution in [0.2, 0.25) is 0 Å². The van der Waals surface area contributed by atoms with Crippen molar-refractivity contribution in [3.05, 3.63) is 0 Å². The number of hydrogen-bond acceptors (Lipinski definition) is 31. The van der Waals surface area contributed by atoms with Crippen molar-refractivity contribution in [3.63, 3.8) is 0 Å². The summed E-state index contributed by atoms with van der Waals surface area (Å²) in [6, 6.07) is 0. The highest BCUT2D eigenvalue weighted by molar-refractivity contribution is 6.01. The smallest absolute Gasteiger partial charge is 0.402 e. The number of amides is 18. The standard InChI is InChI=1S/C73H102F9N15O28.3CH3NO2/c1-92(63(116)32-86-57(110)18-12-47(101)39-93(2)64(117)33-89-60(113)26-71(74,75)76)38-46(100)11-17-54(107)83-29-44(98)9-7-23-96(67(120)36-87-58(111)19-13-48(102)40-94(3)65(118)34-90-61(114)27-72(77,78)79)42-50(104)15-21-55(108)84-30-45(99)10-8-24-97(43-51(105)16-22-56(109)85-31-52(106)25-53(69(122)124-5)70(123)125-6)68(121)37-88-59(112)20-14-49(103)41-95(4)66(119)35-91-62(115)28-73(80,81)82;3*2-1(3)4/h53H,7-43H2,1-6H3,(H,83,107)(H,84,108)(H,85,109)(H,86,110)(H,87,111)(H,88,112)(H,89,113)(H,90,114)(H,91,115);3*2H2,(H,3,4). The predicted molar refractivity (Wildman–Crippen MR) is 441 cm³/mol. The van der Waals surface area contributed by atoms with Crippen molar-refractivity contribution in [2.24, 2.45) is 23.1 Å². The molecule has 61 heteroatoms. The lowest BCUT2D eigenvalue weighted by atomic mass is 10.0. The molecular formula is C76H111F9N18O34. The number of carboxylic acid groups (broad SMARTS) is 3. The Labute approximate surface area is 772 Å². The molecule has 0 saturated carbocycles. The van der Waals surface area contributed by atoms with Gasteiger partial charge in [-0.25, -0.2) is 14.4 Å². The number of esters is 2. The number of primary amides is 3.